The molecule has 194 valence electrons. The van der Waals surface area contributed by atoms with Crippen molar-refractivity contribution in [1.29, 1.82) is 0 Å². The van der Waals surface area contributed by atoms with E-state index in [-0.39, 0.29) is 45.1 Å². The van der Waals surface area contributed by atoms with Gasteiger partial charge in [0.05, 0.1) is 19.3 Å². The summed E-state index contributed by atoms with van der Waals surface area (Å²) in [6.07, 6.45) is -1.04. The molecule has 0 saturated carbocycles. The molecule has 6 N–H and O–H groups in total. The van der Waals surface area contributed by atoms with Crippen molar-refractivity contribution in [2.24, 2.45) is 5.92 Å². The molecule has 35 heavy (non-hydrogen) atoms. The van der Waals surface area contributed by atoms with Crippen LogP contribution in [-0.4, -0.2) is 95.8 Å². The molecular weight excluding hydrogens is 454 g/mol. The van der Waals surface area contributed by atoms with Crippen LogP contribution in [-0.2, 0) is 25.6 Å². The number of carbonyl (C=O) groups excluding carboxylic acids is 4. The maximum absolute atomic E-state index is 13.2. The smallest absolute Gasteiger partial charge is 0.245 e. The molecule has 1 aliphatic heterocycles. The van der Waals surface area contributed by atoms with E-state index in [0.717, 1.165) is 5.56 Å². The molecule has 0 spiro atoms. The Bertz CT molecular complexity index is 863. The highest BCUT2D eigenvalue weighted by atomic mass is 16.3. The number of β-amino-alcohol motifs (C(OH)–C–C–N with tert-alkyl or cyclic N) is 1. The molecule has 1 aromatic carbocycles. The average Bonchev–Trinajstić information content (AvgIpc) is 2.80. The van der Waals surface area contributed by atoms with E-state index in [1.165, 1.54) is 6.92 Å². The van der Waals surface area contributed by atoms with E-state index in [0.29, 0.717) is 0 Å². The van der Waals surface area contributed by atoms with Gasteiger partial charge in [0, 0.05) is 26.1 Å². The lowest BCUT2D eigenvalue weighted by Crippen LogP contribution is -2.60. The highest BCUT2D eigenvalue weighted by Crippen LogP contribution is 2.08. The van der Waals surface area contributed by atoms with Crippen LogP contribution in [0.25, 0.3) is 0 Å². The third kappa shape index (κ3) is 8.93. The second-order valence-corrected chi connectivity index (χ2v) is 9.06. The normalized spacial score (nSPS) is 24.5. The molecule has 0 aliphatic carbocycles. The van der Waals surface area contributed by atoms with E-state index >= 15 is 0 Å². The summed E-state index contributed by atoms with van der Waals surface area (Å²) in [5.41, 5.74) is 0.786. The van der Waals surface area contributed by atoms with Gasteiger partial charge in [-0.3, -0.25) is 24.1 Å². The minimum absolute atomic E-state index is 0.0859. The SMILES string of the molecule is CC(C)[C@H]1NC(=O)CN(CCO)CCNC(=O)[C@H]([C@@H](C)O)NC(=O)[C@H](Cc2ccccc2)NC1=O. The largest absolute Gasteiger partial charge is 0.395 e. The van der Waals surface area contributed by atoms with E-state index in [4.69, 9.17) is 0 Å². The van der Waals surface area contributed by atoms with E-state index in [2.05, 4.69) is 21.3 Å². The van der Waals surface area contributed by atoms with Gasteiger partial charge in [0.25, 0.3) is 0 Å². The summed E-state index contributed by atoms with van der Waals surface area (Å²) in [5.74, 6) is -2.45. The summed E-state index contributed by atoms with van der Waals surface area (Å²) in [4.78, 5) is 53.4. The van der Waals surface area contributed by atoms with Crippen LogP contribution in [0.3, 0.4) is 0 Å². The molecule has 0 unspecified atom stereocenters. The van der Waals surface area contributed by atoms with Crippen LogP contribution in [0.5, 0.6) is 0 Å². The van der Waals surface area contributed by atoms with Crippen molar-refractivity contribution in [3.63, 3.8) is 0 Å². The number of benzene rings is 1. The Labute approximate surface area is 205 Å². The number of aliphatic hydroxyl groups excluding tert-OH is 2. The van der Waals surface area contributed by atoms with Crippen LogP contribution < -0.4 is 21.3 Å². The lowest BCUT2D eigenvalue weighted by Gasteiger charge is -2.27. The van der Waals surface area contributed by atoms with Crippen LogP contribution >= 0.6 is 0 Å². The minimum Gasteiger partial charge on any atom is -0.395 e. The zero-order valence-corrected chi connectivity index (χ0v) is 20.5. The topological polar surface area (TPSA) is 160 Å². The molecule has 1 aromatic rings. The summed E-state index contributed by atoms with van der Waals surface area (Å²) in [6.45, 7) is 5.24. The summed E-state index contributed by atoms with van der Waals surface area (Å²) >= 11 is 0. The lowest BCUT2D eigenvalue weighted by molar-refractivity contribution is -0.135. The number of amides is 4. The van der Waals surface area contributed by atoms with Crippen molar-refractivity contribution in [2.75, 3.05) is 32.8 Å². The third-order valence-electron chi connectivity index (χ3n) is 5.75. The zero-order chi connectivity index (χ0) is 26.0. The van der Waals surface area contributed by atoms with Crippen molar-refractivity contribution in [3.8, 4) is 0 Å². The second-order valence-electron chi connectivity index (χ2n) is 9.06. The summed E-state index contributed by atoms with van der Waals surface area (Å²) < 4.78 is 0. The van der Waals surface area contributed by atoms with Crippen molar-refractivity contribution in [3.05, 3.63) is 35.9 Å². The standard InChI is InChI=1S/C24H37N5O6/c1-15(2)20-24(35)26-18(13-17-7-5-4-6-8-17)22(33)28-21(16(3)31)23(34)25-9-10-29(11-12-30)14-19(32)27-20/h4-8,15-16,18,20-21,30-31H,9-14H2,1-3H3,(H,25,34)(H,26,35)(H,27,32)(H,28,33)/t16-,18+,20-,21+/m1/s1. The molecule has 1 saturated heterocycles. The van der Waals surface area contributed by atoms with Gasteiger partial charge in [0.1, 0.15) is 18.1 Å². The van der Waals surface area contributed by atoms with Gasteiger partial charge in [-0.25, -0.2) is 0 Å². The van der Waals surface area contributed by atoms with Crippen molar-refractivity contribution < 1.29 is 29.4 Å². The molecule has 2 rings (SSSR count). The van der Waals surface area contributed by atoms with Gasteiger partial charge < -0.3 is 31.5 Å². The first-order valence-corrected chi connectivity index (χ1v) is 11.8. The van der Waals surface area contributed by atoms with Crippen LogP contribution in [0, 0.1) is 5.92 Å². The van der Waals surface area contributed by atoms with E-state index in [9.17, 15) is 29.4 Å². The van der Waals surface area contributed by atoms with Gasteiger partial charge in [-0.15, -0.1) is 0 Å². The molecule has 0 bridgehead atoms. The first-order valence-electron chi connectivity index (χ1n) is 11.8. The van der Waals surface area contributed by atoms with Crippen molar-refractivity contribution in [2.45, 2.75) is 51.4 Å². The maximum Gasteiger partial charge on any atom is 0.245 e. The molecule has 0 radical (unpaired) electrons. The van der Waals surface area contributed by atoms with E-state index < -0.39 is 47.9 Å². The summed E-state index contributed by atoms with van der Waals surface area (Å²) in [7, 11) is 0. The average molecular weight is 492 g/mol. The fourth-order valence-electron chi connectivity index (χ4n) is 3.80. The van der Waals surface area contributed by atoms with Gasteiger partial charge in [0.15, 0.2) is 0 Å². The summed E-state index contributed by atoms with van der Waals surface area (Å²) in [6, 6.07) is 5.88. The molecular formula is C24H37N5O6. The number of aliphatic hydroxyl groups is 2. The predicted octanol–water partition coefficient (Wildman–Crippen LogP) is -1.86. The molecule has 4 amide bonds. The van der Waals surface area contributed by atoms with E-state index in [1.807, 2.05) is 30.3 Å². The highest BCUT2D eigenvalue weighted by molar-refractivity contribution is 5.94. The molecule has 1 aliphatic rings. The fraction of sp³-hybridized carbons (Fsp3) is 0.583. The molecule has 1 fully saturated rings. The number of hydrogen-bond acceptors (Lipinski definition) is 7. The van der Waals surface area contributed by atoms with Gasteiger partial charge in [-0.1, -0.05) is 44.2 Å². The van der Waals surface area contributed by atoms with Crippen LogP contribution in [0.4, 0.5) is 0 Å². The van der Waals surface area contributed by atoms with Gasteiger partial charge in [-0.05, 0) is 18.4 Å². The Hall–Kier alpha value is -3.02. The number of nitrogens with one attached hydrogen (secondary N) is 4. The quantitative estimate of drug-likeness (QED) is 0.272. The Morgan fingerprint density at radius 3 is 2.23 bits per heavy atom. The molecule has 11 nitrogen and oxygen atoms in total. The Kier molecular flexibility index (Phi) is 11.1. The van der Waals surface area contributed by atoms with Crippen molar-refractivity contribution >= 4 is 23.6 Å². The lowest BCUT2D eigenvalue weighted by atomic mass is 10.0. The second kappa shape index (κ2) is 13.8. The monoisotopic (exact) mass is 491 g/mol. The number of nitrogens with zero attached hydrogens (tertiary/aromatic N) is 1. The first kappa shape index (κ1) is 28.2. The van der Waals surface area contributed by atoms with Gasteiger partial charge >= 0.3 is 0 Å². The van der Waals surface area contributed by atoms with Gasteiger partial charge in [0.2, 0.25) is 23.6 Å². The Morgan fingerprint density at radius 2 is 1.63 bits per heavy atom. The first-order chi connectivity index (χ1) is 16.6. The van der Waals surface area contributed by atoms with Crippen LogP contribution in [0.2, 0.25) is 0 Å². The molecule has 4 atom stereocenters. The minimum atomic E-state index is -1.24. The number of hydrogen-bond donors (Lipinski definition) is 6. The Balaban J connectivity index is 2.37. The third-order valence-corrected chi connectivity index (χ3v) is 5.75. The fourth-order valence-corrected chi connectivity index (χ4v) is 3.80. The molecule has 1 heterocycles. The Morgan fingerprint density at radius 1 is 0.943 bits per heavy atom. The van der Waals surface area contributed by atoms with Gasteiger partial charge in [-0.2, -0.15) is 0 Å². The van der Waals surface area contributed by atoms with Crippen LogP contribution in [0.1, 0.15) is 26.3 Å². The number of carbonyl (C=O) groups is 4. The highest BCUT2D eigenvalue weighted by Gasteiger charge is 2.33. The zero-order valence-electron chi connectivity index (χ0n) is 20.5. The van der Waals surface area contributed by atoms with E-state index in [1.54, 1.807) is 18.7 Å². The molecule has 0 aromatic heterocycles. The predicted molar refractivity (Wildman–Crippen MR) is 129 cm³/mol. The maximum atomic E-state index is 13.2. The van der Waals surface area contributed by atoms with Crippen molar-refractivity contribution in [1.82, 2.24) is 26.2 Å². The van der Waals surface area contributed by atoms with Crippen LogP contribution in [0.15, 0.2) is 30.3 Å². The summed E-state index contributed by atoms with van der Waals surface area (Å²) in [5, 5.41) is 30.2. The molecule has 11 heteroatoms. The number of rotatable bonds is 6.